The molecule has 0 radical (unpaired) electrons. The lowest BCUT2D eigenvalue weighted by Crippen LogP contribution is -2.40. The van der Waals surface area contributed by atoms with Crippen LogP contribution in [0.5, 0.6) is 0 Å². The van der Waals surface area contributed by atoms with Crippen LogP contribution in [0.15, 0.2) is 131 Å². The summed E-state index contributed by atoms with van der Waals surface area (Å²) in [6, 6.07) is 45.4. The van der Waals surface area contributed by atoms with Crippen molar-refractivity contribution in [2.45, 2.75) is 56.1 Å². The minimum atomic E-state index is -0.412. The number of hydrogen-bond donors (Lipinski definition) is 0. The summed E-state index contributed by atoms with van der Waals surface area (Å²) >= 11 is 1.92. The first-order chi connectivity index (χ1) is 20.2. The molecule has 42 heavy (non-hydrogen) atoms. The van der Waals surface area contributed by atoms with Crippen LogP contribution in [0.1, 0.15) is 56.9 Å². The Morgan fingerprint density at radius 3 is 1.79 bits per heavy atom. The summed E-state index contributed by atoms with van der Waals surface area (Å²) in [5, 5.41) is 0. The van der Waals surface area contributed by atoms with Crippen molar-refractivity contribution in [1.29, 1.82) is 0 Å². The highest BCUT2D eigenvalue weighted by atomic mass is 32.2. The van der Waals surface area contributed by atoms with E-state index in [1.165, 1.54) is 54.6 Å². The van der Waals surface area contributed by atoms with Crippen LogP contribution in [0.4, 0.5) is 17.1 Å². The number of anilines is 3. The Kier molecular flexibility index (Phi) is 6.44. The molecule has 2 aliphatic heterocycles. The molecule has 1 nitrogen and oxygen atoms in total. The van der Waals surface area contributed by atoms with Crippen LogP contribution >= 0.6 is 11.8 Å². The maximum atomic E-state index is 2.54. The number of fused-ring (bicyclic) bond motifs is 8. The number of hydrogen-bond acceptors (Lipinski definition) is 2. The van der Waals surface area contributed by atoms with Gasteiger partial charge in [-0.05, 0) is 69.5 Å². The SMILES string of the molecule is CC(C)(C)C(C)(C)CBc1ccc2c(c1)C1(c3ccccc3S2)c2ccccc2N(c2ccccc2)c2ccccc21. The van der Waals surface area contributed by atoms with Crippen molar-refractivity contribution < 1.29 is 0 Å². The van der Waals surface area contributed by atoms with Crippen molar-refractivity contribution in [2.75, 3.05) is 4.90 Å². The van der Waals surface area contributed by atoms with Gasteiger partial charge in [0.25, 0.3) is 0 Å². The van der Waals surface area contributed by atoms with Crippen molar-refractivity contribution in [1.82, 2.24) is 0 Å². The summed E-state index contributed by atoms with van der Waals surface area (Å²) in [4.78, 5) is 5.14. The fourth-order valence-corrected chi connectivity index (χ4v) is 7.93. The van der Waals surface area contributed by atoms with Gasteiger partial charge in [0.2, 0.25) is 0 Å². The van der Waals surface area contributed by atoms with E-state index in [1.807, 2.05) is 11.8 Å². The third kappa shape index (κ3) is 4.08. The van der Waals surface area contributed by atoms with Gasteiger partial charge in [0.05, 0.1) is 16.8 Å². The molecule has 208 valence electrons. The molecule has 1 spiro atoms. The highest BCUT2D eigenvalue weighted by Gasteiger charge is 2.50. The van der Waals surface area contributed by atoms with E-state index in [2.05, 4.69) is 161 Å². The van der Waals surface area contributed by atoms with Crippen LogP contribution in [-0.2, 0) is 5.41 Å². The van der Waals surface area contributed by atoms with Gasteiger partial charge < -0.3 is 4.90 Å². The minimum absolute atomic E-state index is 0.238. The molecule has 0 fully saturated rings. The van der Waals surface area contributed by atoms with Gasteiger partial charge in [-0.3, -0.25) is 0 Å². The normalized spacial score (nSPS) is 14.9. The molecule has 0 atom stereocenters. The first kappa shape index (κ1) is 27.2. The smallest absolute Gasteiger partial charge is 0.158 e. The standard InChI is InChI=1S/C39H38BNS/c1-37(2,3)38(4,5)26-40-27-23-24-36-32(25-27)39(31-19-11-14-22-35(31)42-36)29-17-9-12-20-33(29)41(28-15-7-6-8-16-28)34-21-13-10-18-30(34)39/h6-25,40H,26H2,1-5H3. The molecular weight excluding hydrogens is 525 g/mol. The molecule has 5 aromatic rings. The van der Waals surface area contributed by atoms with Crippen LogP contribution in [-0.4, -0.2) is 7.28 Å². The highest BCUT2D eigenvalue weighted by molar-refractivity contribution is 7.99. The van der Waals surface area contributed by atoms with Crippen LogP contribution in [0.25, 0.3) is 0 Å². The average Bonchev–Trinajstić information content (AvgIpc) is 3.00. The summed E-state index contributed by atoms with van der Waals surface area (Å²) < 4.78 is 0. The molecule has 0 saturated carbocycles. The van der Waals surface area contributed by atoms with Gasteiger partial charge in [0.1, 0.15) is 0 Å². The Hall–Kier alpha value is -3.69. The van der Waals surface area contributed by atoms with Crippen molar-refractivity contribution in [3.63, 3.8) is 0 Å². The van der Waals surface area contributed by atoms with Gasteiger partial charge >= 0.3 is 0 Å². The maximum absolute atomic E-state index is 2.54. The Bertz CT molecular complexity index is 1730. The molecule has 0 aromatic heterocycles. The van der Waals surface area contributed by atoms with E-state index in [9.17, 15) is 0 Å². The lowest BCUT2D eigenvalue weighted by molar-refractivity contribution is 0.157. The molecule has 0 aliphatic carbocycles. The molecule has 7 rings (SSSR count). The predicted octanol–water partition coefficient (Wildman–Crippen LogP) is 9.87. The third-order valence-corrected chi connectivity index (χ3v) is 11.3. The Morgan fingerprint density at radius 2 is 1.14 bits per heavy atom. The van der Waals surface area contributed by atoms with Crippen LogP contribution in [0, 0.1) is 10.8 Å². The molecule has 2 aliphatic rings. The Balaban J connectivity index is 1.50. The number of benzene rings is 5. The summed E-state index contributed by atoms with van der Waals surface area (Å²) in [5.41, 5.74) is 10.6. The van der Waals surface area contributed by atoms with Gasteiger partial charge in [-0.1, -0.05) is 143 Å². The topological polar surface area (TPSA) is 3.24 Å². The lowest BCUT2D eigenvalue weighted by Gasteiger charge is -2.49. The van der Waals surface area contributed by atoms with Crippen molar-refractivity contribution in [3.8, 4) is 0 Å². The summed E-state index contributed by atoms with van der Waals surface area (Å²) in [7, 11) is 1.07. The summed E-state index contributed by atoms with van der Waals surface area (Å²) in [5.74, 6) is 0. The van der Waals surface area contributed by atoms with Crippen molar-refractivity contribution in [2.24, 2.45) is 10.8 Å². The van der Waals surface area contributed by atoms with Gasteiger partial charge in [-0.15, -0.1) is 0 Å². The molecule has 0 saturated heterocycles. The van der Waals surface area contributed by atoms with Gasteiger partial charge in [0, 0.05) is 15.5 Å². The van der Waals surface area contributed by atoms with Crippen molar-refractivity contribution in [3.05, 3.63) is 144 Å². The first-order valence-corrected chi connectivity index (χ1v) is 16.0. The van der Waals surface area contributed by atoms with E-state index >= 15 is 0 Å². The molecule has 0 amide bonds. The molecule has 0 unspecified atom stereocenters. The first-order valence-electron chi connectivity index (χ1n) is 15.2. The fraction of sp³-hybridized carbons (Fsp3) is 0.231. The predicted molar refractivity (Wildman–Crippen MR) is 182 cm³/mol. The van der Waals surface area contributed by atoms with Crippen LogP contribution in [0.3, 0.4) is 0 Å². The van der Waals surface area contributed by atoms with E-state index in [4.69, 9.17) is 0 Å². The number of para-hydroxylation sites is 3. The molecule has 5 aromatic carbocycles. The molecule has 0 N–H and O–H groups in total. The van der Waals surface area contributed by atoms with Crippen LogP contribution < -0.4 is 10.4 Å². The molecule has 0 bridgehead atoms. The zero-order chi connectivity index (χ0) is 29.1. The van der Waals surface area contributed by atoms with Gasteiger partial charge in [-0.25, -0.2) is 0 Å². The quantitative estimate of drug-likeness (QED) is 0.196. The Morgan fingerprint density at radius 1 is 0.595 bits per heavy atom. The monoisotopic (exact) mass is 563 g/mol. The third-order valence-electron chi connectivity index (χ3n) is 10.1. The number of rotatable bonds is 4. The second-order valence-corrected chi connectivity index (χ2v) is 14.6. The van der Waals surface area contributed by atoms with E-state index in [0.717, 1.165) is 13.6 Å². The van der Waals surface area contributed by atoms with Crippen molar-refractivity contribution >= 4 is 41.6 Å². The highest BCUT2D eigenvalue weighted by Crippen LogP contribution is 2.62. The average molecular weight is 564 g/mol. The Labute approximate surface area is 256 Å². The number of nitrogens with zero attached hydrogens (tertiary/aromatic N) is 1. The largest absolute Gasteiger partial charge is 0.310 e. The van der Waals surface area contributed by atoms with Crippen LogP contribution in [0.2, 0.25) is 6.32 Å². The van der Waals surface area contributed by atoms with Gasteiger partial charge in [0.15, 0.2) is 7.28 Å². The molecular formula is C39H38BNS. The summed E-state index contributed by atoms with van der Waals surface area (Å²) in [6.45, 7) is 12.0. The van der Waals surface area contributed by atoms with E-state index in [-0.39, 0.29) is 10.8 Å². The van der Waals surface area contributed by atoms with E-state index < -0.39 is 5.41 Å². The van der Waals surface area contributed by atoms with E-state index in [1.54, 1.807) is 0 Å². The molecule has 2 heterocycles. The zero-order valence-corrected chi connectivity index (χ0v) is 26.1. The van der Waals surface area contributed by atoms with E-state index in [0.29, 0.717) is 0 Å². The van der Waals surface area contributed by atoms with Gasteiger partial charge in [-0.2, -0.15) is 0 Å². The second kappa shape index (κ2) is 9.95. The zero-order valence-electron chi connectivity index (χ0n) is 25.3. The minimum Gasteiger partial charge on any atom is -0.310 e. The summed E-state index contributed by atoms with van der Waals surface area (Å²) in [6.07, 6.45) is 1.15. The molecule has 3 heteroatoms. The second-order valence-electron chi connectivity index (χ2n) is 13.5. The maximum Gasteiger partial charge on any atom is 0.158 e. The fourth-order valence-electron chi connectivity index (χ4n) is 6.76. The lowest BCUT2D eigenvalue weighted by atomic mass is 9.53.